The molecule has 3 aliphatic heterocycles. The van der Waals surface area contributed by atoms with Crippen LogP contribution in [0.1, 0.15) is 26.3 Å². The Kier molecular flexibility index (Phi) is 4.01. The average Bonchev–Trinajstić information content (AvgIpc) is 3.25. The normalized spacial score (nSPS) is 16.3. The Morgan fingerprint density at radius 3 is 2.52 bits per heavy atom. The molecule has 0 amide bonds. The van der Waals surface area contributed by atoms with Crippen LogP contribution < -0.4 is 19.7 Å². The molecule has 5 heteroatoms. The van der Waals surface area contributed by atoms with E-state index < -0.39 is 0 Å². The van der Waals surface area contributed by atoms with E-state index in [1.54, 1.807) is 0 Å². The minimum atomic E-state index is -0.0608. The number of benzene rings is 3. The number of allylic oxidation sites excluding steroid dienone is 1. The lowest BCUT2D eigenvalue weighted by atomic mass is 9.85. The van der Waals surface area contributed by atoms with Crippen LogP contribution in [0.2, 0.25) is 0 Å². The predicted molar refractivity (Wildman–Crippen MR) is 133 cm³/mol. The van der Waals surface area contributed by atoms with E-state index >= 15 is 0 Å². The van der Waals surface area contributed by atoms with Crippen LogP contribution in [-0.4, -0.2) is 23.9 Å². The second-order valence-corrected chi connectivity index (χ2v) is 9.63. The molecule has 4 aliphatic rings. The summed E-state index contributed by atoms with van der Waals surface area (Å²) in [6, 6.07) is 16.5. The van der Waals surface area contributed by atoms with Crippen molar-refractivity contribution in [1.82, 2.24) is 4.57 Å². The topological polar surface area (TPSA) is 50.5 Å². The van der Waals surface area contributed by atoms with E-state index in [1.807, 2.05) is 18.2 Å². The molecule has 1 N–H and O–H groups in total. The largest absolute Gasteiger partial charge is 0.454 e. The summed E-state index contributed by atoms with van der Waals surface area (Å²) in [7, 11) is 4.27. The highest BCUT2D eigenvalue weighted by molar-refractivity contribution is 6.10. The smallest absolute Gasteiger partial charge is 0.231 e. The molecule has 0 radical (unpaired) electrons. The number of fused-ring (bicyclic) bond motifs is 5. The summed E-state index contributed by atoms with van der Waals surface area (Å²) >= 11 is 0. The first-order chi connectivity index (χ1) is 15.8. The number of ether oxygens (including phenoxy) is 2. The molecule has 2 aromatic carbocycles. The molecule has 6 rings (SSSR count). The van der Waals surface area contributed by atoms with E-state index in [0.29, 0.717) is 5.36 Å². The lowest BCUT2D eigenvalue weighted by Crippen LogP contribution is -2.42. The summed E-state index contributed by atoms with van der Waals surface area (Å²) < 4.78 is 13.5. The quantitative estimate of drug-likeness (QED) is 0.384. The summed E-state index contributed by atoms with van der Waals surface area (Å²) in [5.74, 6) is 1.55. The maximum Gasteiger partial charge on any atom is 0.231 e. The number of nitrogens with one attached hydrogen (secondary N) is 1. The van der Waals surface area contributed by atoms with Gasteiger partial charge in [-0.25, -0.2) is 0 Å². The highest BCUT2D eigenvalue weighted by Crippen LogP contribution is 2.48. The van der Waals surface area contributed by atoms with Crippen LogP contribution in [0, 0.1) is 5.41 Å². The molecule has 166 valence electrons. The van der Waals surface area contributed by atoms with Crippen molar-refractivity contribution in [3.63, 3.8) is 0 Å². The average molecular weight is 438 g/mol. The summed E-state index contributed by atoms with van der Waals surface area (Å²) in [4.78, 5) is 2.35. The SMILES string of the molecule is CC1=CC(C)(C)N(C)c2ccc3c(-c4ccc5c(c4)OCO5)c4ccc(=N)cc-4n(C)c3c21. The Hall–Kier alpha value is -3.73. The van der Waals surface area contributed by atoms with Gasteiger partial charge < -0.3 is 24.4 Å². The maximum absolute atomic E-state index is 8.30. The molecular weight excluding hydrogens is 410 g/mol. The summed E-state index contributed by atoms with van der Waals surface area (Å²) in [6.07, 6.45) is 2.35. The van der Waals surface area contributed by atoms with Gasteiger partial charge in [-0.05, 0) is 62.2 Å². The first kappa shape index (κ1) is 19.9. The molecule has 5 nitrogen and oxygen atoms in total. The molecule has 0 saturated heterocycles. The number of likely N-dealkylation sites (N-methyl/N-ethyl adjacent to an activating group) is 1. The van der Waals surface area contributed by atoms with Crippen molar-refractivity contribution in [3.05, 3.63) is 65.5 Å². The highest BCUT2D eigenvalue weighted by atomic mass is 16.7. The minimum Gasteiger partial charge on any atom is -0.454 e. The van der Waals surface area contributed by atoms with E-state index in [0.717, 1.165) is 33.9 Å². The molecule has 0 aromatic heterocycles. The second kappa shape index (κ2) is 6.64. The number of aryl methyl sites for hydroxylation is 1. The monoisotopic (exact) mass is 437 g/mol. The number of aromatic nitrogens is 1. The molecule has 0 saturated carbocycles. The van der Waals surface area contributed by atoms with Crippen LogP contribution in [0.3, 0.4) is 0 Å². The number of anilines is 1. The van der Waals surface area contributed by atoms with Gasteiger partial charge in [0.1, 0.15) is 0 Å². The van der Waals surface area contributed by atoms with Crippen molar-refractivity contribution >= 4 is 22.2 Å². The zero-order valence-electron chi connectivity index (χ0n) is 19.6. The lowest BCUT2D eigenvalue weighted by molar-refractivity contribution is 0.174. The van der Waals surface area contributed by atoms with Crippen LogP contribution >= 0.6 is 0 Å². The number of hydrogen-bond acceptors (Lipinski definition) is 4. The predicted octanol–water partition coefficient (Wildman–Crippen LogP) is 5.79. The molecular formula is C28H27N3O2. The van der Waals surface area contributed by atoms with E-state index in [-0.39, 0.29) is 12.3 Å². The molecule has 0 atom stereocenters. The van der Waals surface area contributed by atoms with Crippen molar-refractivity contribution in [2.24, 2.45) is 7.05 Å². The Balaban J connectivity index is 1.79. The van der Waals surface area contributed by atoms with E-state index in [4.69, 9.17) is 14.9 Å². The Morgan fingerprint density at radius 1 is 0.909 bits per heavy atom. The van der Waals surface area contributed by atoms with Crippen molar-refractivity contribution in [2.45, 2.75) is 26.3 Å². The molecule has 1 aliphatic carbocycles. The van der Waals surface area contributed by atoms with Crippen molar-refractivity contribution in [3.8, 4) is 33.9 Å². The maximum atomic E-state index is 8.30. The number of nitrogens with zero attached hydrogens (tertiary/aromatic N) is 2. The molecule has 0 bridgehead atoms. The van der Waals surface area contributed by atoms with Gasteiger partial charge in [-0.2, -0.15) is 0 Å². The Bertz CT molecular complexity index is 1530. The Morgan fingerprint density at radius 2 is 1.70 bits per heavy atom. The lowest BCUT2D eigenvalue weighted by Gasteiger charge is -2.41. The molecule has 0 fully saturated rings. The first-order valence-electron chi connectivity index (χ1n) is 11.2. The molecule has 33 heavy (non-hydrogen) atoms. The first-order valence-corrected chi connectivity index (χ1v) is 11.2. The van der Waals surface area contributed by atoms with Crippen LogP contribution in [-0.2, 0) is 7.05 Å². The summed E-state index contributed by atoms with van der Waals surface area (Å²) in [5, 5.41) is 9.99. The third-order valence-electron chi connectivity index (χ3n) is 7.24. The molecule has 3 heterocycles. The van der Waals surface area contributed by atoms with Gasteiger partial charge in [-0.1, -0.05) is 24.3 Å². The minimum absolute atomic E-state index is 0.0608. The third kappa shape index (κ3) is 2.75. The van der Waals surface area contributed by atoms with Crippen molar-refractivity contribution < 1.29 is 9.47 Å². The van der Waals surface area contributed by atoms with Crippen LogP contribution in [0.4, 0.5) is 5.69 Å². The van der Waals surface area contributed by atoms with E-state index in [2.05, 4.69) is 80.7 Å². The van der Waals surface area contributed by atoms with Crippen LogP contribution in [0.5, 0.6) is 11.5 Å². The molecule has 0 spiro atoms. The zero-order valence-corrected chi connectivity index (χ0v) is 19.6. The Labute approximate surface area is 193 Å². The van der Waals surface area contributed by atoms with Gasteiger partial charge in [-0.15, -0.1) is 0 Å². The molecule has 0 unspecified atom stereocenters. The molecule has 2 aromatic rings. The van der Waals surface area contributed by atoms with Crippen molar-refractivity contribution in [1.29, 1.82) is 5.41 Å². The van der Waals surface area contributed by atoms with Crippen LogP contribution in [0.15, 0.2) is 54.6 Å². The van der Waals surface area contributed by atoms with Crippen molar-refractivity contribution in [2.75, 3.05) is 18.7 Å². The van der Waals surface area contributed by atoms with E-state index in [1.165, 1.54) is 27.7 Å². The zero-order chi connectivity index (χ0) is 23.1. The van der Waals surface area contributed by atoms with Crippen LogP contribution in [0.25, 0.3) is 38.9 Å². The van der Waals surface area contributed by atoms with Gasteiger partial charge >= 0.3 is 0 Å². The number of hydrogen-bond donors (Lipinski definition) is 1. The van der Waals surface area contributed by atoms with E-state index in [9.17, 15) is 0 Å². The van der Waals surface area contributed by atoms with Gasteiger partial charge in [0.25, 0.3) is 0 Å². The van der Waals surface area contributed by atoms with Gasteiger partial charge in [0.15, 0.2) is 11.5 Å². The second-order valence-electron chi connectivity index (χ2n) is 9.63. The fourth-order valence-electron chi connectivity index (χ4n) is 5.46. The van der Waals surface area contributed by atoms with Gasteiger partial charge in [0, 0.05) is 41.9 Å². The third-order valence-corrected chi connectivity index (χ3v) is 7.24. The van der Waals surface area contributed by atoms with Gasteiger partial charge in [0.05, 0.1) is 22.1 Å². The fourth-order valence-corrected chi connectivity index (χ4v) is 5.46. The summed E-state index contributed by atoms with van der Waals surface area (Å²) in [5.41, 5.74) is 9.24. The fraction of sp³-hybridized carbons (Fsp3) is 0.250. The summed E-state index contributed by atoms with van der Waals surface area (Å²) in [6.45, 7) is 6.95. The van der Waals surface area contributed by atoms with Gasteiger partial charge in [-0.3, -0.25) is 0 Å². The highest BCUT2D eigenvalue weighted by Gasteiger charge is 2.31. The standard InChI is InChI=1S/C28H27N3O2/c1-16-14-28(2,3)31(5)21-10-9-20-26(17-6-11-23-24(12-17)33-15-32-23)19-8-7-18(29)13-22(19)30(4)27(20)25(16)21/h6-14,29H,15H2,1-5H3. The van der Waals surface area contributed by atoms with Gasteiger partial charge in [0.2, 0.25) is 6.79 Å². The number of pyridine rings is 1. The number of rotatable bonds is 1.